The van der Waals surface area contributed by atoms with Crippen LogP contribution < -0.4 is 5.32 Å². The van der Waals surface area contributed by atoms with E-state index in [1.165, 1.54) is 45.1 Å². The number of benzene rings is 1. The second kappa shape index (κ2) is 8.99. The van der Waals surface area contributed by atoms with E-state index in [9.17, 15) is 4.79 Å². The summed E-state index contributed by atoms with van der Waals surface area (Å²) >= 11 is 0. The summed E-state index contributed by atoms with van der Waals surface area (Å²) in [7, 11) is 2.27. The molecule has 0 bridgehead atoms. The quantitative estimate of drug-likeness (QED) is 0.719. The van der Waals surface area contributed by atoms with Crippen molar-refractivity contribution in [1.82, 2.24) is 20.2 Å². The molecule has 136 valence electrons. The number of nitrogens with one attached hydrogen (secondary N) is 2. The summed E-state index contributed by atoms with van der Waals surface area (Å²) in [6.45, 7) is 1.92. The van der Waals surface area contributed by atoms with Crippen LogP contribution in [0.25, 0.3) is 11.0 Å². The summed E-state index contributed by atoms with van der Waals surface area (Å²) in [4.78, 5) is 22.0. The molecule has 2 aromatic rings. The first kappa shape index (κ1) is 17.9. The molecule has 0 radical (unpaired) electrons. The Hall–Kier alpha value is -1.88. The summed E-state index contributed by atoms with van der Waals surface area (Å²) < 4.78 is 0. The third kappa shape index (κ3) is 5.05. The van der Waals surface area contributed by atoms with E-state index in [0.717, 1.165) is 36.5 Å². The van der Waals surface area contributed by atoms with E-state index in [2.05, 4.69) is 27.2 Å². The molecular weight excluding hydrogens is 312 g/mol. The highest BCUT2D eigenvalue weighted by Crippen LogP contribution is 2.21. The van der Waals surface area contributed by atoms with Crippen molar-refractivity contribution in [3.63, 3.8) is 0 Å². The Balaban J connectivity index is 1.30. The largest absolute Gasteiger partial charge is 0.352 e. The van der Waals surface area contributed by atoms with Crippen molar-refractivity contribution < 1.29 is 4.79 Å². The first-order valence-electron chi connectivity index (χ1n) is 9.65. The van der Waals surface area contributed by atoms with Gasteiger partial charge in [0.1, 0.15) is 0 Å². The Labute approximate surface area is 150 Å². The molecule has 0 saturated heterocycles. The van der Waals surface area contributed by atoms with Crippen LogP contribution in [0, 0.1) is 0 Å². The molecule has 1 aromatic heterocycles. The molecule has 1 fully saturated rings. The van der Waals surface area contributed by atoms with E-state index >= 15 is 0 Å². The van der Waals surface area contributed by atoms with E-state index in [-0.39, 0.29) is 5.91 Å². The molecule has 0 atom stereocenters. The SMILES string of the molecule is CN(CCCCCNC(=O)c1ccc2nc[nH]c2c1)C1CCCCC1. The maximum absolute atomic E-state index is 12.2. The van der Waals surface area contributed by atoms with Gasteiger partial charge in [0.2, 0.25) is 0 Å². The van der Waals surface area contributed by atoms with Gasteiger partial charge in [-0.1, -0.05) is 25.7 Å². The zero-order valence-electron chi connectivity index (χ0n) is 15.3. The highest BCUT2D eigenvalue weighted by molar-refractivity contribution is 5.97. The molecule has 1 aromatic carbocycles. The van der Waals surface area contributed by atoms with Gasteiger partial charge in [-0.05, 0) is 57.5 Å². The second-order valence-corrected chi connectivity index (χ2v) is 7.22. The molecule has 5 heteroatoms. The number of H-pyrrole nitrogens is 1. The number of aromatic nitrogens is 2. The monoisotopic (exact) mass is 342 g/mol. The molecule has 1 saturated carbocycles. The lowest BCUT2D eigenvalue weighted by atomic mass is 9.94. The molecule has 0 spiro atoms. The minimum atomic E-state index is -0.00387. The van der Waals surface area contributed by atoms with Gasteiger partial charge >= 0.3 is 0 Å². The average molecular weight is 342 g/mol. The number of hydrogen-bond acceptors (Lipinski definition) is 3. The maximum atomic E-state index is 12.2. The summed E-state index contributed by atoms with van der Waals surface area (Å²) in [6, 6.07) is 6.36. The van der Waals surface area contributed by atoms with Crippen LogP contribution in [0.4, 0.5) is 0 Å². The Morgan fingerprint density at radius 1 is 1.24 bits per heavy atom. The summed E-state index contributed by atoms with van der Waals surface area (Å²) in [6.07, 6.45) is 12.0. The highest BCUT2D eigenvalue weighted by atomic mass is 16.1. The molecule has 3 rings (SSSR count). The van der Waals surface area contributed by atoms with Gasteiger partial charge in [-0.2, -0.15) is 0 Å². The fraction of sp³-hybridized carbons (Fsp3) is 0.600. The van der Waals surface area contributed by atoms with Gasteiger partial charge in [0, 0.05) is 18.2 Å². The highest BCUT2D eigenvalue weighted by Gasteiger charge is 2.17. The minimum absolute atomic E-state index is 0.00387. The molecule has 1 amide bonds. The molecule has 0 unspecified atom stereocenters. The molecule has 2 N–H and O–H groups in total. The first-order valence-corrected chi connectivity index (χ1v) is 9.65. The minimum Gasteiger partial charge on any atom is -0.352 e. The van der Waals surface area contributed by atoms with Gasteiger partial charge in [0.25, 0.3) is 5.91 Å². The number of imidazole rings is 1. The first-order chi connectivity index (χ1) is 12.2. The van der Waals surface area contributed by atoms with Crippen LogP contribution in [0.3, 0.4) is 0 Å². The molecule has 25 heavy (non-hydrogen) atoms. The molecule has 5 nitrogen and oxygen atoms in total. The van der Waals surface area contributed by atoms with Crippen molar-refractivity contribution >= 4 is 16.9 Å². The van der Waals surface area contributed by atoms with Crippen molar-refractivity contribution in [2.45, 2.75) is 57.4 Å². The van der Waals surface area contributed by atoms with Crippen LogP contribution in [0.15, 0.2) is 24.5 Å². The standard InChI is InChI=1S/C20H30N4O/c1-24(17-8-4-2-5-9-17)13-7-3-6-12-21-20(25)16-10-11-18-19(14-16)23-15-22-18/h10-11,14-15,17H,2-9,12-13H2,1H3,(H,21,25)(H,22,23). The van der Waals surface area contributed by atoms with Crippen molar-refractivity contribution in [3.8, 4) is 0 Å². The number of aromatic amines is 1. The third-order valence-corrected chi connectivity index (χ3v) is 5.35. The predicted molar refractivity (Wildman–Crippen MR) is 102 cm³/mol. The van der Waals surface area contributed by atoms with Crippen molar-refractivity contribution in [3.05, 3.63) is 30.1 Å². The fourth-order valence-corrected chi connectivity index (χ4v) is 3.75. The zero-order chi connectivity index (χ0) is 17.5. The number of carbonyl (C=O) groups excluding carboxylic acids is 1. The number of unbranched alkanes of at least 4 members (excludes halogenated alkanes) is 2. The average Bonchev–Trinajstić information content (AvgIpc) is 3.12. The molecule has 1 heterocycles. The number of hydrogen-bond donors (Lipinski definition) is 2. The topological polar surface area (TPSA) is 61.0 Å². The van der Waals surface area contributed by atoms with Crippen LogP contribution in [-0.2, 0) is 0 Å². The number of nitrogens with zero attached hydrogens (tertiary/aromatic N) is 2. The Kier molecular flexibility index (Phi) is 6.45. The molecule has 0 aliphatic heterocycles. The van der Waals surface area contributed by atoms with Crippen molar-refractivity contribution in [2.75, 3.05) is 20.1 Å². The Bertz CT molecular complexity index is 675. The lowest BCUT2D eigenvalue weighted by Crippen LogP contribution is -2.34. The van der Waals surface area contributed by atoms with Gasteiger partial charge in [-0.15, -0.1) is 0 Å². The number of carbonyl (C=O) groups is 1. The van der Waals surface area contributed by atoms with Gasteiger partial charge in [-0.25, -0.2) is 4.98 Å². The summed E-state index contributed by atoms with van der Waals surface area (Å²) in [5.41, 5.74) is 2.48. The number of amides is 1. The molecular formula is C20H30N4O. The van der Waals surface area contributed by atoms with E-state index < -0.39 is 0 Å². The normalized spacial score (nSPS) is 15.8. The predicted octanol–water partition coefficient (Wildman–Crippen LogP) is 3.73. The summed E-state index contributed by atoms with van der Waals surface area (Å²) in [5, 5.41) is 3.02. The fourth-order valence-electron chi connectivity index (χ4n) is 3.75. The lowest BCUT2D eigenvalue weighted by molar-refractivity contribution is 0.0953. The van der Waals surface area contributed by atoms with Crippen LogP contribution >= 0.6 is 0 Å². The van der Waals surface area contributed by atoms with E-state index in [1.807, 2.05) is 18.2 Å². The van der Waals surface area contributed by atoms with Gasteiger partial charge < -0.3 is 15.2 Å². The second-order valence-electron chi connectivity index (χ2n) is 7.22. The van der Waals surface area contributed by atoms with Crippen LogP contribution in [0.1, 0.15) is 61.7 Å². The Morgan fingerprint density at radius 2 is 2.08 bits per heavy atom. The maximum Gasteiger partial charge on any atom is 0.251 e. The molecule has 1 aliphatic rings. The summed E-state index contributed by atoms with van der Waals surface area (Å²) in [5.74, 6) is -0.00387. The van der Waals surface area contributed by atoms with Gasteiger partial charge in [-0.3, -0.25) is 4.79 Å². The van der Waals surface area contributed by atoms with Crippen LogP contribution in [0.2, 0.25) is 0 Å². The van der Waals surface area contributed by atoms with E-state index in [4.69, 9.17) is 0 Å². The van der Waals surface area contributed by atoms with Gasteiger partial charge in [0.15, 0.2) is 0 Å². The van der Waals surface area contributed by atoms with E-state index in [1.54, 1.807) is 6.33 Å². The molecule has 1 aliphatic carbocycles. The van der Waals surface area contributed by atoms with Crippen molar-refractivity contribution in [1.29, 1.82) is 0 Å². The van der Waals surface area contributed by atoms with E-state index in [0.29, 0.717) is 5.56 Å². The lowest BCUT2D eigenvalue weighted by Gasteiger charge is -2.31. The van der Waals surface area contributed by atoms with Gasteiger partial charge in [0.05, 0.1) is 17.4 Å². The smallest absolute Gasteiger partial charge is 0.251 e. The number of fused-ring (bicyclic) bond motifs is 1. The number of rotatable bonds is 8. The third-order valence-electron chi connectivity index (χ3n) is 5.35. The van der Waals surface area contributed by atoms with Crippen molar-refractivity contribution in [2.24, 2.45) is 0 Å². The van der Waals surface area contributed by atoms with Crippen LogP contribution in [0.5, 0.6) is 0 Å². The van der Waals surface area contributed by atoms with Crippen LogP contribution in [-0.4, -0.2) is 47.0 Å². The Morgan fingerprint density at radius 3 is 2.92 bits per heavy atom. The zero-order valence-corrected chi connectivity index (χ0v) is 15.3.